The molecule has 5 nitrogen and oxygen atoms in total. The van der Waals surface area contributed by atoms with Crippen LogP contribution < -0.4 is 0 Å². The van der Waals surface area contributed by atoms with Crippen LogP contribution in [0.2, 0.25) is 0 Å². The number of pyridine rings is 1. The van der Waals surface area contributed by atoms with E-state index in [1.54, 1.807) is 35.4 Å². The number of hydrogen-bond donors (Lipinski definition) is 0. The maximum absolute atomic E-state index is 14.2. The molecular formula is C23H27FN4O. The van der Waals surface area contributed by atoms with E-state index in [1.807, 2.05) is 38.4 Å². The van der Waals surface area contributed by atoms with Crippen molar-refractivity contribution in [3.8, 4) is 0 Å². The van der Waals surface area contributed by atoms with E-state index in [2.05, 4.69) is 11.7 Å². The first kappa shape index (κ1) is 20.7. The summed E-state index contributed by atoms with van der Waals surface area (Å²) in [6, 6.07) is 8.45. The Bertz CT molecular complexity index is 1040. The summed E-state index contributed by atoms with van der Waals surface area (Å²) in [4.78, 5) is 19.9. The number of hydrogen-bond acceptors (Lipinski definition) is 3. The van der Waals surface area contributed by atoms with Gasteiger partial charge in [-0.05, 0) is 31.9 Å². The Morgan fingerprint density at radius 3 is 2.62 bits per heavy atom. The number of carbonyl (C=O) groups excluding carboxylic acids is 1. The quantitative estimate of drug-likeness (QED) is 0.524. The smallest absolute Gasteiger partial charge is 0.255 e. The first-order valence-corrected chi connectivity index (χ1v) is 9.85. The predicted octanol–water partition coefficient (Wildman–Crippen LogP) is 5.10. The monoisotopic (exact) mass is 394 g/mol. The highest BCUT2D eigenvalue weighted by Crippen LogP contribution is 2.26. The van der Waals surface area contributed by atoms with Crippen LogP contribution in [0.1, 0.15) is 61.3 Å². The highest BCUT2D eigenvalue weighted by atomic mass is 19.1. The van der Waals surface area contributed by atoms with E-state index >= 15 is 0 Å². The minimum Gasteiger partial charge on any atom is -0.330 e. The minimum absolute atomic E-state index is 0.119. The summed E-state index contributed by atoms with van der Waals surface area (Å²) in [5, 5.41) is 5.15. The van der Waals surface area contributed by atoms with Gasteiger partial charge in [0.15, 0.2) is 5.65 Å². The highest BCUT2D eigenvalue weighted by molar-refractivity contribution is 6.05. The van der Waals surface area contributed by atoms with Crippen molar-refractivity contribution in [1.29, 1.82) is 0 Å². The molecule has 2 aromatic heterocycles. The summed E-state index contributed by atoms with van der Waals surface area (Å²) in [6.07, 6.45) is 3.34. The van der Waals surface area contributed by atoms with Crippen LogP contribution in [0.15, 0.2) is 49.2 Å². The van der Waals surface area contributed by atoms with Crippen LogP contribution >= 0.6 is 0 Å². The molecular weight excluding hydrogens is 367 g/mol. The van der Waals surface area contributed by atoms with Crippen molar-refractivity contribution < 1.29 is 9.18 Å². The number of amides is 1. The minimum atomic E-state index is -0.329. The lowest BCUT2D eigenvalue weighted by atomic mass is 10.0. The van der Waals surface area contributed by atoms with E-state index in [0.717, 1.165) is 5.69 Å². The number of rotatable bonds is 7. The largest absolute Gasteiger partial charge is 0.330 e. The van der Waals surface area contributed by atoms with Crippen molar-refractivity contribution in [3.05, 3.63) is 71.8 Å². The Kier molecular flexibility index (Phi) is 6.11. The van der Waals surface area contributed by atoms with Gasteiger partial charge >= 0.3 is 0 Å². The van der Waals surface area contributed by atoms with Crippen LogP contribution in [0.25, 0.3) is 11.0 Å². The molecule has 2 heterocycles. The van der Waals surface area contributed by atoms with Gasteiger partial charge in [-0.1, -0.05) is 38.1 Å². The molecule has 6 heteroatoms. The SMILES string of the molecule is C=CCN(Cc1ccccc1F)C(=O)c1cc(C(C)C)nc2c1cnn2C(C)C. The van der Waals surface area contributed by atoms with Gasteiger partial charge in [0.2, 0.25) is 0 Å². The summed E-state index contributed by atoms with van der Waals surface area (Å²) < 4.78 is 16.0. The number of aromatic nitrogens is 3. The molecule has 0 spiro atoms. The van der Waals surface area contributed by atoms with E-state index in [1.165, 1.54) is 6.07 Å². The molecule has 0 saturated carbocycles. The highest BCUT2D eigenvalue weighted by Gasteiger charge is 2.23. The number of benzene rings is 1. The van der Waals surface area contributed by atoms with Crippen molar-refractivity contribution in [2.75, 3.05) is 6.54 Å². The van der Waals surface area contributed by atoms with Gasteiger partial charge in [-0.25, -0.2) is 14.1 Å². The van der Waals surface area contributed by atoms with Crippen LogP contribution in [0.3, 0.4) is 0 Å². The van der Waals surface area contributed by atoms with E-state index in [9.17, 15) is 9.18 Å². The Balaban J connectivity index is 2.09. The molecule has 0 aliphatic carbocycles. The molecule has 3 aromatic rings. The van der Waals surface area contributed by atoms with E-state index in [0.29, 0.717) is 28.7 Å². The van der Waals surface area contributed by atoms with Crippen LogP contribution in [-0.2, 0) is 6.54 Å². The molecule has 0 N–H and O–H groups in total. The molecule has 1 amide bonds. The van der Waals surface area contributed by atoms with Gasteiger partial charge in [-0.15, -0.1) is 6.58 Å². The number of fused-ring (bicyclic) bond motifs is 1. The predicted molar refractivity (Wildman–Crippen MR) is 113 cm³/mol. The molecule has 0 bridgehead atoms. The first-order valence-electron chi connectivity index (χ1n) is 9.85. The third kappa shape index (κ3) is 4.21. The molecule has 0 aliphatic rings. The summed E-state index contributed by atoms with van der Waals surface area (Å²) in [5.74, 6) is -0.364. The summed E-state index contributed by atoms with van der Waals surface area (Å²) in [7, 11) is 0. The fourth-order valence-electron chi connectivity index (χ4n) is 3.27. The van der Waals surface area contributed by atoms with Crippen molar-refractivity contribution >= 4 is 16.9 Å². The van der Waals surface area contributed by atoms with Gasteiger partial charge in [0.25, 0.3) is 5.91 Å². The van der Waals surface area contributed by atoms with Gasteiger partial charge < -0.3 is 4.90 Å². The van der Waals surface area contributed by atoms with Gasteiger partial charge in [-0.2, -0.15) is 5.10 Å². The summed E-state index contributed by atoms with van der Waals surface area (Å²) in [5.41, 5.74) is 2.52. The summed E-state index contributed by atoms with van der Waals surface area (Å²) >= 11 is 0. The average Bonchev–Trinajstić information content (AvgIpc) is 3.12. The lowest BCUT2D eigenvalue weighted by molar-refractivity contribution is 0.0763. The first-order chi connectivity index (χ1) is 13.8. The fourth-order valence-corrected chi connectivity index (χ4v) is 3.27. The van der Waals surface area contributed by atoms with Gasteiger partial charge in [0.1, 0.15) is 5.82 Å². The third-order valence-corrected chi connectivity index (χ3v) is 4.85. The van der Waals surface area contributed by atoms with Crippen LogP contribution in [0, 0.1) is 5.82 Å². The molecule has 29 heavy (non-hydrogen) atoms. The topological polar surface area (TPSA) is 51.0 Å². The molecule has 152 valence electrons. The van der Waals surface area contributed by atoms with Crippen molar-refractivity contribution in [3.63, 3.8) is 0 Å². The molecule has 0 fully saturated rings. The van der Waals surface area contributed by atoms with Gasteiger partial charge in [-0.3, -0.25) is 4.79 Å². The Morgan fingerprint density at radius 1 is 1.28 bits per heavy atom. The van der Waals surface area contributed by atoms with Crippen molar-refractivity contribution in [2.45, 2.75) is 46.2 Å². The Hall–Kier alpha value is -3.02. The normalized spacial score (nSPS) is 11.4. The maximum Gasteiger partial charge on any atom is 0.255 e. The van der Waals surface area contributed by atoms with Crippen molar-refractivity contribution in [2.24, 2.45) is 0 Å². The van der Waals surface area contributed by atoms with E-state index in [-0.39, 0.29) is 30.2 Å². The lowest BCUT2D eigenvalue weighted by Crippen LogP contribution is -2.31. The fraction of sp³-hybridized carbons (Fsp3) is 0.348. The second-order valence-electron chi connectivity index (χ2n) is 7.74. The Labute approximate surface area is 170 Å². The Morgan fingerprint density at radius 2 is 2.00 bits per heavy atom. The maximum atomic E-state index is 14.2. The van der Waals surface area contributed by atoms with Crippen LogP contribution in [-0.4, -0.2) is 32.1 Å². The summed E-state index contributed by atoms with van der Waals surface area (Å²) in [6.45, 7) is 12.4. The zero-order valence-corrected chi connectivity index (χ0v) is 17.4. The zero-order valence-electron chi connectivity index (χ0n) is 17.4. The number of carbonyl (C=O) groups is 1. The number of nitrogens with zero attached hydrogens (tertiary/aromatic N) is 4. The molecule has 1 aromatic carbocycles. The standard InChI is InChI=1S/C23H27FN4O/c1-6-11-27(14-17-9-7-8-10-20(17)24)23(29)18-12-21(15(2)3)26-22-19(18)13-25-28(22)16(4)5/h6-10,12-13,15-16H,1,11,14H2,2-5H3. The molecule has 0 unspecified atom stereocenters. The lowest BCUT2D eigenvalue weighted by Gasteiger charge is -2.22. The van der Waals surface area contributed by atoms with Gasteiger partial charge in [0.05, 0.1) is 17.1 Å². The van der Waals surface area contributed by atoms with Gasteiger partial charge in [0, 0.05) is 30.4 Å². The molecule has 0 saturated heterocycles. The average molecular weight is 394 g/mol. The third-order valence-electron chi connectivity index (χ3n) is 4.85. The molecule has 0 aliphatic heterocycles. The molecule has 3 rings (SSSR count). The van der Waals surface area contributed by atoms with E-state index in [4.69, 9.17) is 4.98 Å². The van der Waals surface area contributed by atoms with Crippen molar-refractivity contribution in [1.82, 2.24) is 19.7 Å². The zero-order chi connectivity index (χ0) is 21.1. The second kappa shape index (κ2) is 8.55. The van der Waals surface area contributed by atoms with E-state index < -0.39 is 0 Å². The molecule has 0 atom stereocenters. The number of halogens is 1. The van der Waals surface area contributed by atoms with Crippen LogP contribution in [0.5, 0.6) is 0 Å². The second-order valence-corrected chi connectivity index (χ2v) is 7.74. The molecule has 0 radical (unpaired) electrons. The van der Waals surface area contributed by atoms with Crippen LogP contribution in [0.4, 0.5) is 4.39 Å².